The van der Waals surface area contributed by atoms with E-state index in [0.717, 1.165) is 4.90 Å². The second-order valence-corrected chi connectivity index (χ2v) is 7.91. The zero-order valence-corrected chi connectivity index (χ0v) is 17.2. The Kier molecular flexibility index (Phi) is 7.33. The molecule has 0 saturated carbocycles. The molecule has 11 heteroatoms. The largest absolute Gasteiger partial charge is 0.444 e. The van der Waals surface area contributed by atoms with E-state index in [9.17, 15) is 19.8 Å². The molecule has 0 unspecified atom stereocenters. The van der Waals surface area contributed by atoms with Crippen LogP contribution in [0, 0.1) is 0 Å². The number of ether oxygens (including phenoxy) is 2. The summed E-state index contributed by atoms with van der Waals surface area (Å²) in [5.41, 5.74) is -0.681. The van der Waals surface area contributed by atoms with Crippen LogP contribution >= 0.6 is 0 Å². The van der Waals surface area contributed by atoms with Crippen LogP contribution in [-0.2, 0) is 14.3 Å². The van der Waals surface area contributed by atoms with Crippen LogP contribution in [0.2, 0.25) is 0 Å². The van der Waals surface area contributed by atoms with Crippen molar-refractivity contribution in [2.75, 3.05) is 18.9 Å². The van der Waals surface area contributed by atoms with Crippen molar-refractivity contribution in [3.05, 3.63) is 18.6 Å². The van der Waals surface area contributed by atoms with E-state index in [0.29, 0.717) is 5.82 Å². The molecule has 1 aromatic heterocycles. The minimum absolute atomic E-state index is 0.274. The Hall–Kier alpha value is -2.50. The number of nitrogens with zero attached hydrogens (tertiary/aromatic N) is 3. The van der Waals surface area contributed by atoms with Crippen LogP contribution in [0.5, 0.6) is 0 Å². The fourth-order valence-corrected chi connectivity index (χ4v) is 2.76. The SMILES string of the molecule is C[C@@H]1O[C@H](Nc2ccncn2)[C@H](O)[C@H](O)[C@H]1NC(=O)CN(C)C(=O)OC(C)(C)C. The number of carbonyl (C=O) groups excluding carboxylic acids is 2. The summed E-state index contributed by atoms with van der Waals surface area (Å²) in [6.07, 6.45) is -1.95. The van der Waals surface area contributed by atoms with E-state index in [1.54, 1.807) is 33.8 Å². The number of anilines is 1. The van der Waals surface area contributed by atoms with Gasteiger partial charge >= 0.3 is 6.09 Å². The molecule has 11 nitrogen and oxygen atoms in total. The van der Waals surface area contributed by atoms with Gasteiger partial charge in [0.25, 0.3) is 0 Å². The Morgan fingerprint density at radius 2 is 2.00 bits per heavy atom. The summed E-state index contributed by atoms with van der Waals surface area (Å²) in [5, 5.41) is 26.3. The monoisotopic (exact) mass is 411 g/mol. The van der Waals surface area contributed by atoms with Crippen LogP contribution in [0.3, 0.4) is 0 Å². The summed E-state index contributed by atoms with van der Waals surface area (Å²) in [6, 6.07) is 0.723. The number of aromatic nitrogens is 2. The molecule has 1 saturated heterocycles. The van der Waals surface area contributed by atoms with Crippen LogP contribution in [0.4, 0.5) is 10.6 Å². The first-order valence-corrected chi connectivity index (χ1v) is 9.25. The van der Waals surface area contributed by atoms with Gasteiger partial charge in [-0.15, -0.1) is 0 Å². The third-order valence-corrected chi connectivity index (χ3v) is 4.18. The molecule has 1 aliphatic rings. The average molecular weight is 411 g/mol. The molecule has 29 heavy (non-hydrogen) atoms. The van der Waals surface area contributed by atoms with Crippen LogP contribution in [-0.4, -0.2) is 86.9 Å². The molecule has 2 rings (SSSR count). The Morgan fingerprint density at radius 1 is 1.31 bits per heavy atom. The number of hydrogen-bond donors (Lipinski definition) is 4. The number of aliphatic hydroxyl groups is 2. The van der Waals surface area contributed by atoms with Crippen molar-refractivity contribution in [1.29, 1.82) is 0 Å². The molecular weight excluding hydrogens is 382 g/mol. The molecule has 1 aromatic rings. The van der Waals surface area contributed by atoms with Crippen LogP contribution in [0.25, 0.3) is 0 Å². The fourth-order valence-electron chi connectivity index (χ4n) is 2.76. The van der Waals surface area contributed by atoms with E-state index >= 15 is 0 Å². The molecular formula is C18H29N5O6. The first-order chi connectivity index (χ1) is 13.5. The molecule has 2 heterocycles. The lowest BCUT2D eigenvalue weighted by Gasteiger charge is -2.42. The summed E-state index contributed by atoms with van der Waals surface area (Å²) < 4.78 is 10.9. The van der Waals surface area contributed by atoms with E-state index in [4.69, 9.17) is 9.47 Å². The van der Waals surface area contributed by atoms with E-state index in [2.05, 4.69) is 20.6 Å². The van der Waals surface area contributed by atoms with Gasteiger partial charge in [-0.25, -0.2) is 14.8 Å². The average Bonchev–Trinajstić information content (AvgIpc) is 2.62. The minimum atomic E-state index is -1.32. The highest BCUT2D eigenvalue weighted by Gasteiger charge is 2.43. The van der Waals surface area contributed by atoms with Crippen molar-refractivity contribution in [3.63, 3.8) is 0 Å². The maximum atomic E-state index is 12.3. The molecule has 2 amide bonds. The smallest absolute Gasteiger partial charge is 0.410 e. The van der Waals surface area contributed by atoms with Crippen molar-refractivity contribution in [1.82, 2.24) is 20.2 Å². The molecule has 4 N–H and O–H groups in total. The number of hydrogen-bond acceptors (Lipinski definition) is 9. The van der Waals surface area contributed by atoms with Gasteiger partial charge in [0, 0.05) is 13.2 Å². The summed E-state index contributed by atoms with van der Waals surface area (Å²) in [5.74, 6) is -0.0998. The lowest BCUT2D eigenvalue weighted by molar-refractivity contribution is -0.172. The minimum Gasteiger partial charge on any atom is -0.444 e. The van der Waals surface area contributed by atoms with E-state index in [-0.39, 0.29) is 6.54 Å². The van der Waals surface area contributed by atoms with Crippen molar-refractivity contribution >= 4 is 17.8 Å². The lowest BCUT2D eigenvalue weighted by Crippen LogP contribution is -2.64. The quantitative estimate of drug-likeness (QED) is 0.513. The van der Waals surface area contributed by atoms with Gasteiger partial charge in [0.15, 0.2) is 6.23 Å². The van der Waals surface area contributed by atoms with E-state index < -0.39 is 48.2 Å². The van der Waals surface area contributed by atoms with Crippen molar-refractivity contribution in [3.8, 4) is 0 Å². The van der Waals surface area contributed by atoms with Gasteiger partial charge in [0.1, 0.15) is 36.5 Å². The maximum Gasteiger partial charge on any atom is 0.410 e. The second-order valence-electron chi connectivity index (χ2n) is 7.91. The third-order valence-electron chi connectivity index (χ3n) is 4.18. The standard InChI is InChI=1S/C18H29N5O6/c1-10-13(22-12(24)8-23(5)17(27)29-18(2,3)4)14(25)15(26)16(28-10)21-11-6-7-19-9-20-11/h6-7,9-10,13-16,25-26H,8H2,1-5H3,(H,22,24)(H,19,20,21)/t10-,13-,14+,15+,16-/m0/s1. The van der Waals surface area contributed by atoms with Crippen molar-refractivity contribution in [2.45, 2.75) is 63.9 Å². The van der Waals surface area contributed by atoms with Crippen LogP contribution in [0.1, 0.15) is 27.7 Å². The van der Waals surface area contributed by atoms with Crippen molar-refractivity contribution in [2.24, 2.45) is 0 Å². The summed E-state index contributed by atoms with van der Waals surface area (Å²) in [4.78, 5) is 33.2. The number of rotatable bonds is 5. The summed E-state index contributed by atoms with van der Waals surface area (Å²) >= 11 is 0. The van der Waals surface area contributed by atoms with E-state index in [1.165, 1.54) is 19.6 Å². The Balaban J connectivity index is 1.92. The Bertz CT molecular complexity index is 698. The lowest BCUT2D eigenvalue weighted by atomic mass is 9.96. The first kappa shape index (κ1) is 22.8. The Labute approximate surface area is 169 Å². The van der Waals surface area contributed by atoms with E-state index in [1.807, 2.05) is 0 Å². The highest BCUT2D eigenvalue weighted by atomic mass is 16.6. The molecule has 162 valence electrons. The molecule has 0 radical (unpaired) electrons. The number of amides is 2. The predicted molar refractivity (Wildman–Crippen MR) is 103 cm³/mol. The molecule has 1 fully saturated rings. The van der Waals surface area contributed by atoms with Gasteiger partial charge in [0.2, 0.25) is 5.91 Å². The summed E-state index contributed by atoms with van der Waals surface area (Å²) in [7, 11) is 1.43. The number of aliphatic hydroxyl groups excluding tert-OH is 2. The van der Waals surface area contributed by atoms with Crippen LogP contribution in [0.15, 0.2) is 18.6 Å². The number of nitrogens with one attached hydrogen (secondary N) is 2. The highest BCUT2D eigenvalue weighted by molar-refractivity contribution is 5.82. The number of likely N-dealkylation sites (N-methyl/N-ethyl adjacent to an activating group) is 1. The topological polar surface area (TPSA) is 146 Å². The zero-order valence-electron chi connectivity index (χ0n) is 17.2. The number of carbonyl (C=O) groups is 2. The van der Waals surface area contributed by atoms with Gasteiger partial charge in [0.05, 0.1) is 12.1 Å². The third kappa shape index (κ3) is 6.51. The van der Waals surface area contributed by atoms with Crippen molar-refractivity contribution < 1.29 is 29.3 Å². The Morgan fingerprint density at radius 3 is 2.59 bits per heavy atom. The molecule has 0 aromatic carbocycles. The van der Waals surface area contributed by atoms with Gasteiger partial charge in [-0.05, 0) is 33.8 Å². The molecule has 0 bridgehead atoms. The second kappa shape index (κ2) is 9.33. The molecule has 0 spiro atoms. The predicted octanol–water partition coefficient (Wildman–Crippen LogP) is -0.293. The molecule has 5 atom stereocenters. The molecule has 1 aliphatic heterocycles. The maximum absolute atomic E-state index is 12.3. The fraction of sp³-hybridized carbons (Fsp3) is 0.667. The zero-order chi connectivity index (χ0) is 21.8. The van der Waals surface area contributed by atoms with Gasteiger partial charge in [-0.3, -0.25) is 4.79 Å². The van der Waals surface area contributed by atoms with Crippen LogP contribution < -0.4 is 10.6 Å². The van der Waals surface area contributed by atoms with Gasteiger partial charge < -0.3 is 35.2 Å². The molecule has 0 aliphatic carbocycles. The normalized spacial score (nSPS) is 27.1. The van der Waals surface area contributed by atoms with Gasteiger partial charge in [-0.2, -0.15) is 0 Å². The highest BCUT2D eigenvalue weighted by Crippen LogP contribution is 2.22. The first-order valence-electron chi connectivity index (χ1n) is 9.25. The van der Waals surface area contributed by atoms with Gasteiger partial charge in [-0.1, -0.05) is 0 Å². The summed E-state index contributed by atoms with van der Waals surface area (Å²) in [6.45, 7) is 6.56.